The van der Waals surface area contributed by atoms with Gasteiger partial charge >= 0.3 is 12.5 Å². The highest BCUT2D eigenvalue weighted by Crippen LogP contribution is 2.27. The molecule has 8 nitrogen and oxygen atoms in total. The van der Waals surface area contributed by atoms with Gasteiger partial charge in [-0.05, 0) is 29.8 Å². The van der Waals surface area contributed by atoms with Gasteiger partial charge in [0.25, 0.3) is 5.91 Å². The van der Waals surface area contributed by atoms with Gasteiger partial charge in [-0.25, -0.2) is 9.78 Å². The number of anilines is 1. The first-order chi connectivity index (χ1) is 14.7. The summed E-state index contributed by atoms with van der Waals surface area (Å²) in [6.07, 6.45) is -3.63. The standard InChI is InChI=1S/C20H21F3N4O4/c1-24-18(28)13-30-19(29)27-10-8-26(9-11-27)17-7-4-15(12-25-17)14-2-5-16(6-3-14)31-20(21,22)23/h2-7,12H,8-11,13H2,1H3,(H,24,28). The Bertz CT molecular complexity index is 896. The summed E-state index contributed by atoms with van der Waals surface area (Å²) in [6.45, 7) is 1.63. The summed E-state index contributed by atoms with van der Waals surface area (Å²) in [5, 5.41) is 2.38. The zero-order chi connectivity index (χ0) is 22.4. The molecule has 0 spiro atoms. The molecular weight excluding hydrogens is 417 g/mol. The minimum absolute atomic E-state index is 0.285. The molecule has 1 aromatic heterocycles. The number of likely N-dealkylation sites (N-methyl/N-ethyl adjacent to an activating group) is 1. The zero-order valence-electron chi connectivity index (χ0n) is 16.7. The molecule has 1 N–H and O–H groups in total. The molecule has 0 aliphatic carbocycles. The number of carbonyl (C=O) groups excluding carboxylic acids is 2. The molecule has 3 rings (SSSR count). The van der Waals surface area contributed by atoms with Gasteiger partial charge in [-0.3, -0.25) is 4.79 Å². The third-order valence-electron chi connectivity index (χ3n) is 4.64. The lowest BCUT2D eigenvalue weighted by molar-refractivity contribution is -0.274. The molecule has 2 heterocycles. The predicted molar refractivity (Wildman–Crippen MR) is 106 cm³/mol. The number of ether oxygens (including phenoxy) is 2. The maximum Gasteiger partial charge on any atom is 0.573 e. The number of hydrogen-bond donors (Lipinski definition) is 1. The van der Waals surface area contributed by atoms with Crippen molar-refractivity contribution in [3.05, 3.63) is 42.6 Å². The quantitative estimate of drug-likeness (QED) is 0.773. The van der Waals surface area contributed by atoms with Gasteiger partial charge < -0.3 is 24.6 Å². The smallest absolute Gasteiger partial charge is 0.439 e. The Balaban J connectivity index is 1.54. The Morgan fingerprint density at radius 3 is 2.23 bits per heavy atom. The summed E-state index contributed by atoms with van der Waals surface area (Å²) in [5.74, 6) is 0.0606. The first kappa shape index (κ1) is 22.2. The molecule has 2 aromatic rings. The molecule has 11 heteroatoms. The molecule has 166 valence electrons. The third-order valence-corrected chi connectivity index (χ3v) is 4.64. The monoisotopic (exact) mass is 438 g/mol. The Hall–Kier alpha value is -3.50. The molecule has 0 bridgehead atoms. The van der Waals surface area contributed by atoms with Crippen LogP contribution in [0.15, 0.2) is 42.6 Å². The highest BCUT2D eigenvalue weighted by atomic mass is 19.4. The fourth-order valence-corrected chi connectivity index (χ4v) is 3.00. The fourth-order valence-electron chi connectivity index (χ4n) is 3.00. The van der Waals surface area contributed by atoms with Crippen LogP contribution in [0, 0.1) is 0 Å². The number of pyridine rings is 1. The maximum atomic E-state index is 12.3. The number of piperazine rings is 1. The first-order valence-electron chi connectivity index (χ1n) is 9.44. The summed E-state index contributed by atoms with van der Waals surface area (Å²) in [7, 11) is 1.46. The Labute approximate surface area is 176 Å². The van der Waals surface area contributed by atoms with Gasteiger partial charge in [0.2, 0.25) is 0 Å². The summed E-state index contributed by atoms with van der Waals surface area (Å²) in [4.78, 5) is 31.1. The van der Waals surface area contributed by atoms with E-state index in [1.165, 1.54) is 36.2 Å². The third kappa shape index (κ3) is 6.24. The summed E-state index contributed by atoms with van der Waals surface area (Å²) in [5.41, 5.74) is 1.45. The number of aromatic nitrogens is 1. The van der Waals surface area contributed by atoms with Crippen LogP contribution in [0.1, 0.15) is 0 Å². The minimum Gasteiger partial charge on any atom is -0.439 e. The van der Waals surface area contributed by atoms with Crippen molar-refractivity contribution in [2.24, 2.45) is 0 Å². The summed E-state index contributed by atoms with van der Waals surface area (Å²) < 4.78 is 45.6. The van der Waals surface area contributed by atoms with E-state index in [0.717, 1.165) is 11.4 Å². The Morgan fingerprint density at radius 1 is 1.03 bits per heavy atom. The van der Waals surface area contributed by atoms with Gasteiger partial charge in [0.05, 0.1) is 0 Å². The Morgan fingerprint density at radius 2 is 1.68 bits per heavy atom. The van der Waals surface area contributed by atoms with Crippen LogP contribution in [0.3, 0.4) is 0 Å². The summed E-state index contributed by atoms with van der Waals surface area (Å²) >= 11 is 0. The van der Waals surface area contributed by atoms with E-state index in [0.29, 0.717) is 31.7 Å². The molecule has 1 aromatic carbocycles. The number of amides is 2. The number of alkyl halides is 3. The number of nitrogens with zero attached hydrogens (tertiary/aromatic N) is 3. The van der Waals surface area contributed by atoms with Crippen molar-refractivity contribution in [2.75, 3.05) is 44.7 Å². The number of nitrogens with one attached hydrogen (secondary N) is 1. The molecule has 0 saturated carbocycles. The fraction of sp³-hybridized carbons (Fsp3) is 0.350. The van der Waals surface area contributed by atoms with Crippen LogP contribution in [0.25, 0.3) is 11.1 Å². The van der Waals surface area contributed by atoms with Gasteiger partial charge in [0, 0.05) is 45.0 Å². The van der Waals surface area contributed by atoms with E-state index < -0.39 is 12.5 Å². The van der Waals surface area contributed by atoms with Crippen LogP contribution in [-0.4, -0.2) is 68.1 Å². The van der Waals surface area contributed by atoms with E-state index in [-0.39, 0.29) is 18.3 Å². The highest BCUT2D eigenvalue weighted by molar-refractivity contribution is 5.79. The van der Waals surface area contributed by atoms with Crippen molar-refractivity contribution in [2.45, 2.75) is 6.36 Å². The van der Waals surface area contributed by atoms with E-state index >= 15 is 0 Å². The van der Waals surface area contributed by atoms with Crippen molar-refractivity contribution >= 4 is 17.8 Å². The number of benzene rings is 1. The molecule has 1 saturated heterocycles. The molecule has 1 aliphatic heterocycles. The minimum atomic E-state index is -4.73. The van der Waals surface area contributed by atoms with Crippen molar-refractivity contribution in [3.8, 4) is 16.9 Å². The van der Waals surface area contributed by atoms with E-state index in [2.05, 4.69) is 15.0 Å². The molecule has 0 atom stereocenters. The molecular formula is C20H21F3N4O4. The number of carbonyl (C=O) groups is 2. The van der Waals surface area contributed by atoms with E-state index in [1.807, 2.05) is 17.0 Å². The van der Waals surface area contributed by atoms with Gasteiger partial charge in [0.1, 0.15) is 11.6 Å². The molecule has 31 heavy (non-hydrogen) atoms. The average Bonchev–Trinajstić information content (AvgIpc) is 2.77. The topological polar surface area (TPSA) is 84.0 Å². The second-order valence-corrected chi connectivity index (χ2v) is 6.68. The maximum absolute atomic E-state index is 12.3. The van der Waals surface area contributed by atoms with Crippen LogP contribution < -0.4 is 15.0 Å². The van der Waals surface area contributed by atoms with Gasteiger partial charge in [-0.2, -0.15) is 0 Å². The SMILES string of the molecule is CNC(=O)COC(=O)N1CCN(c2ccc(-c3ccc(OC(F)(F)F)cc3)cn2)CC1. The van der Waals surface area contributed by atoms with Crippen molar-refractivity contribution in [3.63, 3.8) is 0 Å². The molecule has 1 fully saturated rings. The lowest BCUT2D eigenvalue weighted by Crippen LogP contribution is -2.49. The molecule has 1 aliphatic rings. The van der Waals surface area contributed by atoms with E-state index in [4.69, 9.17) is 4.74 Å². The number of hydrogen-bond acceptors (Lipinski definition) is 6. The predicted octanol–water partition coefficient (Wildman–Crippen LogP) is 2.65. The van der Waals surface area contributed by atoms with Crippen molar-refractivity contribution < 1.29 is 32.2 Å². The van der Waals surface area contributed by atoms with Crippen LogP contribution >= 0.6 is 0 Å². The Kier molecular flexibility index (Phi) is 6.83. The lowest BCUT2D eigenvalue weighted by Gasteiger charge is -2.34. The van der Waals surface area contributed by atoms with E-state index in [9.17, 15) is 22.8 Å². The van der Waals surface area contributed by atoms with Crippen LogP contribution in [0.2, 0.25) is 0 Å². The second-order valence-electron chi connectivity index (χ2n) is 6.68. The van der Waals surface area contributed by atoms with Gasteiger partial charge in [-0.15, -0.1) is 13.2 Å². The van der Waals surface area contributed by atoms with Crippen LogP contribution in [0.5, 0.6) is 5.75 Å². The van der Waals surface area contributed by atoms with Crippen molar-refractivity contribution in [1.29, 1.82) is 0 Å². The van der Waals surface area contributed by atoms with Crippen LogP contribution in [0.4, 0.5) is 23.8 Å². The molecule has 0 radical (unpaired) electrons. The second kappa shape index (κ2) is 9.54. The normalized spacial score (nSPS) is 14.2. The number of rotatable bonds is 5. The van der Waals surface area contributed by atoms with Crippen molar-refractivity contribution in [1.82, 2.24) is 15.2 Å². The first-order valence-corrected chi connectivity index (χ1v) is 9.44. The zero-order valence-corrected chi connectivity index (χ0v) is 16.7. The number of halogens is 3. The van der Waals surface area contributed by atoms with E-state index in [1.54, 1.807) is 6.20 Å². The average molecular weight is 438 g/mol. The molecule has 2 amide bonds. The molecule has 0 unspecified atom stereocenters. The van der Waals surface area contributed by atoms with Gasteiger partial charge in [-0.1, -0.05) is 12.1 Å². The van der Waals surface area contributed by atoms with Gasteiger partial charge in [0.15, 0.2) is 6.61 Å². The highest BCUT2D eigenvalue weighted by Gasteiger charge is 2.31. The largest absolute Gasteiger partial charge is 0.573 e. The lowest BCUT2D eigenvalue weighted by atomic mass is 10.1. The summed E-state index contributed by atoms with van der Waals surface area (Å²) in [6, 6.07) is 9.20. The van der Waals surface area contributed by atoms with Crippen LogP contribution in [-0.2, 0) is 9.53 Å².